The first-order valence-corrected chi connectivity index (χ1v) is 12.1. The van der Waals surface area contributed by atoms with Gasteiger partial charge in [0.15, 0.2) is 8.32 Å². The van der Waals surface area contributed by atoms with Crippen molar-refractivity contribution in [1.82, 2.24) is 10.6 Å². The molecule has 0 radical (unpaired) electrons. The lowest BCUT2D eigenvalue weighted by molar-refractivity contribution is 0.182. The third-order valence-electron chi connectivity index (χ3n) is 3.21. The Morgan fingerprint density at radius 1 is 1.06 bits per heavy atom. The molecule has 0 spiro atoms. The van der Waals surface area contributed by atoms with Crippen LogP contribution in [0.3, 0.4) is 0 Å². The van der Waals surface area contributed by atoms with Crippen LogP contribution in [0.25, 0.3) is 0 Å². The lowest BCUT2D eigenvalue weighted by Crippen LogP contribution is -2.44. The van der Waals surface area contributed by atoms with Crippen LogP contribution in [0.2, 0.25) is 25.2 Å². The van der Waals surface area contributed by atoms with E-state index in [1.165, 1.54) is 24.9 Å². The Labute approximate surface area is 117 Å². The summed E-state index contributed by atoms with van der Waals surface area (Å²) in [5, 5.41) is 6.62. The maximum Gasteiger partial charge on any atom is 0.187 e. The van der Waals surface area contributed by atoms with Gasteiger partial charge in [0.2, 0.25) is 0 Å². The van der Waals surface area contributed by atoms with Crippen molar-refractivity contribution in [2.45, 2.75) is 57.1 Å². The monoisotopic (exact) mass is 290 g/mol. The maximum absolute atomic E-state index is 6.50. The van der Waals surface area contributed by atoms with Gasteiger partial charge < -0.3 is 15.1 Å². The van der Waals surface area contributed by atoms with E-state index in [0.29, 0.717) is 0 Å². The normalized spacial score (nSPS) is 13.7. The van der Waals surface area contributed by atoms with Gasteiger partial charge in [0.1, 0.15) is 0 Å². The van der Waals surface area contributed by atoms with Gasteiger partial charge in [0, 0.05) is 5.22 Å². The fraction of sp³-hybridized carbons (Fsp3) is 1.00. The molecule has 5 heteroatoms. The zero-order chi connectivity index (χ0) is 14.1. The van der Waals surface area contributed by atoms with Crippen LogP contribution in [0.4, 0.5) is 0 Å². The Morgan fingerprint density at radius 3 is 2.17 bits per heavy atom. The fourth-order valence-electron chi connectivity index (χ4n) is 2.39. The Kier molecular flexibility index (Phi) is 9.42. The molecule has 0 saturated heterocycles. The molecule has 18 heavy (non-hydrogen) atoms. The second-order valence-corrected chi connectivity index (χ2v) is 13.5. The van der Waals surface area contributed by atoms with Gasteiger partial charge in [-0.05, 0) is 73.0 Å². The molecule has 0 amide bonds. The number of hydrogen-bond acceptors (Lipinski definition) is 3. The summed E-state index contributed by atoms with van der Waals surface area (Å²) < 4.78 is 6.50. The van der Waals surface area contributed by atoms with Crippen molar-refractivity contribution < 1.29 is 4.43 Å². The lowest BCUT2D eigenvalue weighted by Gasteiger charge is -2.35. The Balaban J connectivity index is 3.95. The quantitative estimate of drug-likeness (QED) is 0.449. The first kappa shape index (κ1) is 18.3. The van der Waals surface area contributed by atoms with E-state index in [4.69, 9.17) is 4.43 Å². The van der Waals surface area contributed by atoms with E-state index < -0.39 is 8.32 Å². The fourth-order valence-corrected chi connectivity index (χ4v) is 7.95. The molecule has 2 N–H and O–H groups in total. The van der Waals surface area contributed by atoms with Crippen LogP contribution < -0.4 is 10.6 Å². The molecule has 0 aromatic rings. The maximum atomic E-state index is 6.50. The standard InChI is InChI=1S/C13H34N2OSi2/c1-13(2,17-11-7-9-14-3)16-18(5,6)12-8-10-15-4/h14-15H,7-12,17H2,1-6H3. The third-order valence-corrected chi connectivity index (χ3v) is 8.37. The highest BCUT2D eigenvalue weighted by Crippen LogP contribution is 2.22. The molecule has 0 rings (SSSR count). The number of rotatable bonds is 11. The van der Waals surface area contributed by atoms with Crippen LogP contribution in [0, 0.1) is 0 Å². The van der Waals surface area contributed by atoms with Gasteiger partial charge in [0.05, 0.1) is 9.52 Å². The second-order valence-electron chi connectivity index (χ2n) is 6.39. The lowest BCUT2D eigenvalue weighted by atomic mass is 10.5. The second kappa shape index (κ2) is 9.25. The summed E-state index contributed by atoms with van der Waals surface area (Å²) >= 11 is 0. The molecule has 0 aliphatic carbocycles. The van der Waals surface area contributed by atoms with Gasteiger partial charge in [-0.2, -0.15) is 0 Å². The van der Waals surface area contributed by atoms with Crippen molar-refractivity contribution >= 4 is 17.8 Å². The first-order valence-electron chi connectivity index (χ1n) is 7.32. The van der Waals surface area contributed by atoms with E-state index in [0.717, 1.165) is 13.1 Å². The predicted octanol–water partition coefficient (Wildman–Crippen LogP) is 1.75. The van der Waals surface area contributed by atoms with Gasteiger partial charge >= 0.3 is 0 Å². The van der Waals surface area contributed by atoms with Crippen LogP contribution in [0.15, 0.2) is 0 Å². The van der Waals surface area contributed by atoms with Gasteiger partial charge in [-0.25, -0.2) is 0 Å². The molecule has 0 heterocycles. The highest BCUT2D eigenvalue weighted by atomic mass is 28.4. The van der Waals surface area contributed by atoms with E-state index in [1.807, 2.05) is 14.1 Å². The van der Waals surface area contributed by atoms with Crippen molar-refractivity contribution in [3.63, 3.8) is 0 Å². The molecule has 0 fully saturated rings. The van der Waals surface area contributed by atoms with Crippen molar-refractivity contribution in [3.05, 3.63) is 0 Å². The van der Waals surface area contributed by atoms with Crippen LogP contribution in [0.1, 0.15) is 26.7 Å². The summed E-state index contributed by atoms with van der Waals surface area (Å²) in [4.78, 5) is 0. The smallest absolute Gasteiger partial charge is 0.187 e. The summed E-state index contributed by atoms with van der Waals surface area (Å²) in [7, 11) is 2.45. The van der Waals surface area contributed by atoms with Crippen LogP contribution >= 0.6 is 0 Å². The van der Waals surface area contributed by atoms with Gasteiger partial charge in [0.25, 0.3) is 0 Å². The van der Waals surface area contributed by atoms with Gasteiger partial charge in [-0.3, -0.25) is 0 Å². The average molecular weight is 291 g/mol. The van der Waals surface area contributed by atoms with Crippen LogP contribution in [-0.2, 0) is 4.43 Å². The Hall–Kier alpha value is 0.314. The van der Waals surface area contributed by atoms with Crippen molar-refractivity contribution in [2.75, 3.05) is 27.2 Å². The summed E-state index contributed by atoms with van der Waals surface area (Å²) in [6.45, 7) is 11.6. The molecular weight excluding hydrogens is 256 g/mol. The topological polar surface area (TPSA) is 33.3 Å². The zero-order valence-electron chi connectivity index (χ0n) is 13.4. The molecule has 0 unspecified atom stereocenters. The van der Waals surface area contributed by atoms with Crippen molar-refractivity contribution in [2.24, 2.45) is 0 Å². The van der Waals surface area contributed by atoms with E-state index in [9.17, 15) is 0 Å². The minimum atomic E-state index is -1.47. The molecule has 0 saturated carbocycles. The number of nitrogens with one attached hydrogen (secondary N) is 2. The zero-order valence-corrected chi connectivity index (χ0v) is 15.8. The van der Waals surface area contributed by atoms with Crippen molar-refractivity contribution in [3.8, 4) is 0 Å². The number of hydrogen-bond donors (Lipinski definition) is 2. The Bertz CT molecular complexity index is 211. The molecule has 0 atom stereocenters. The van der Waals surface area contributed by atoms with Gasteiger partial charge in [-0.1, -0.05) is 6.04 Å². The summed E-state index contributed by atoms with van der Waals surface area (Å²) in [5.74, 6) is 0. The van der Waals surface area contributed by atoms with E-state index >= 15 is 0 Å². The summed E-state index contributed by atoms with van der Waals surface area (Å²) in [5.41, 5.74) is 0. The Morgan fingerprint density at radius 2 is 1.61 bits per heavy atom. The molecule has 0 aromatic heterocycles. The molecule has 110 valence electrons. The third kappa shape index (κ3) is 10.3. The minimum Gasteiger partial charge on any atom is -0.416 e. The van der Waals surface area contributed by atoms with Crippen LogP contribution in [-0.4, -0.2) is 50.2 Å². The largest absolute Gasteiger partial charge is 0.416 e. The van der Waals surface area contributed by atoms with E-state index in [-0.39, 0.29) is 14.7 Å². The predicted molar refractivity (Wildman–Crippen MR) is 87.9 cm³/mol. The first-order chi connectivity index (χ1) is 8.33. The van der Waals surface area contributed by atoms with Crippen molar-refractivity contribution in [1.29, 1.82) is 0 Å². The average Bonchev–Trinajstić information content (AvgIpc) is 2.23. The highest BCUT2D eigenvalue weighted by molar-refractivity contribution is 6.71. The van der Waals surface area contributed by atoms with E-state index in [1.54, 1.807) is 0 Å². The van der Waals surface area contributed by atoms with E-state index in [2.05, 4.69) is 37.6 Å². The molecule has 0 aliphatic rings. The summed E-state index contributed by atoms with van der Waals surface area (Å²) in [6, 6.07) is 2.65. The summed E-state index contributed by atoms with van der Waals surface area (Å²) in [6.07, 6.45) is 2.55. The molecule has 0 bridgehead atoms. The molecule has 0 aliphatic heterocycles. The van der Waals surface area contributed by atoms with Crippen LogP contribution in [0.5, 0.6) is 0 Å². The minimum absolute atomic E-state index is 0.132. The SMILES string of the molecule is CNCCC[SiH2]C(C)(C)O[Si](C)(C)CCCNC. The molecular formula is C13H34N2OSi2. The van der Waals surface area contributed by atoms with Gasteiger partial charge in [-0.15, -0.1) is 0 Å². The highest BCUT2D eigenvalue weighted by Gasteiger charge is 2.30. The molecule has 0 aromatic carbocycles. The molecule has 3 nitrogen and oxygen atoms in total.